The van der Waals surface area contributed by atoms with Crippen molar-refractivity contribution in [2.45, 2.75) is 0 Å². The Morgan fingerprint density at radius 3 is 1.35 bits per heavy atom. The summed E-state index contributed by atoms with van der Waals surface area (Å²) in [5.41, 5.74) is 2.36. The predicted octanol–water partition coefficient (Wildman–Crippen LogP) is 4.00. The van der Waals surface area contributed by atoms with Crippen molar-refractivity contribution in [3.8, 4) is 0 Å². The third kappa shape index (κ3) is 6.06. The fourth-order valence-electron chi connectivity index (χ4n) is 2.62. The highest BCUT2D eigenvalue weighted by atomic mass is 15.5. The van der Waals surface area contributed by atoms with Crippen molar-refractivity contribution in [1.82, 2.24) is 10.0 Å². The predicted molar refractivity (Wildman–Crippen MR) is 111 cm³/mol. The van der Waals surface area contributed by atoms with E-state index in [1.165, 1.54) is 11.1 Å². The molecule has 4 heteroatoms. The highest BCUT2D eigenvalue weighted by Crippen LogP contribution is 2.04. The van der Waals surface area contributed by atoms with Gasteiger partial charge in [-0.25, -0.2) is 0 Å². The van der Waals surface area contributed by atoms with Crippen LogP contribution in [0.25, 0.3) is 12.2 Å². The van der Waals surface area contributed by atoms with Crippen molar-refractivity contribution < 1.29 is 0 Å². The Morgan fingerprint density at radius 2 is 0.962 bits per heavy atom. The second kappa shape index (κ2) is 9.99. The van der Waals surface area contributed by atoms with Crippen LogP contribution in [0.5, 0.6) is 0 Å². The average molecular weight is 344 g/mol. The van der Waals surface area contributed by atoms with E-state index in [0.29, 0.717) is 0 Å². The van der Waals surface area contributed by atoms with Gasteiger partial charge in [-0.15, -0.1) is 0 Å². The lowest BCUT2D eigenvalue weighted by Crippen LogP contribution is -2.41. The molecule has 0 bridgehead atoms. The molecule has 0 spiro atoms. The van der Waals surface area contributed by atoms with Crippen molar-refractivity contribution >= 4 is 24.6 Å². The SMILES string of the molecule is C(=Cc1ccccc1)C=NN1CCN(N=CC=Cc2ccccc2)CC1. The largest absolute Gasteiger partial charge is 0.293 e. The number of hydrogen-bond donors (Lipinski definition) is 0. The van der Waals surface area contributed by atoms with Gasteiger partial charge >= 0.3 is 0 Å². The summed E-state index contributed by atoms with van der Waals surface area (Å²) in [5, 5.41) is 13.2. The number of hydrazone groups is 2. The molecule has 0 N–H and O–H groups in total. The van der Waals surface area contributed by atoms with Crippen molar-refractivity contribution in [3.63, 3.8) is 0 Å². The minimum atomic E-state index is 0.884. The number of nitrogens with zero attached hydrogens (tertiary/aromatic N) is 4. The molecular weight excluding hydrogens is 320 g/mol. The lowest BCUT2D eigenvalue weighted by molar-refractivity contribution is 0.141. The van der Waals surface area contributed by atoms with Crippen LogP contribution >= 0.6 is 0 Å². The summed E-state index contributed by atoms with van der Waals surface area (Å²) in [7, 11) is 0. The molecule has 2 aromatic carbocycles. The maximum absolute atomic E-state index is 4.50. The van der Waals surface area contributed by atoms with Crippen LogP contribution in [0.15, 0.2) is 83.0 Å². The van der Waals surface area contributed by atoms with Crippen LogP contribution in [0.3, 0.4) is 0 Å². The zero-order valence-corrected chi connectivity index (χ0v) is 14.9. The van der Waals surface area contributed by atoms with Crippen LogP contribution in [0.2, 0.25) is 0 Å². The van der Waals surface area contributed by atoms with Crippen LogP contribution in [0.1, 0.15) is 11.1 Å². The molecule has 0 aliphatic carbocycles. The van der Waals surface area contributed by atoms with E-state index >= 15 is 0 Å². The minimum absolute atomic E-state index is 0.884. The summed E-state index contributed by atoms with van der Waals surface area (Å²) in [6.07, 6.45) is 11.8. The van der Waals surface area contributed by atoms with Crippen molar-refractivity contribution in [1.29, 1.82) is 0 Å². The molecule has 26 heavy (non-hydrogen) atoms. The monoisotopic (exact) mass is 344 g/mol. The van der Waals surface area contributed by atoms with Crippen molar-refractivity contribution in [2.75, 3.05) is 26.2 Å². The quantitative estimate of drug-likeness (QED) is 0.742. The molecule has 1 saturated heterocycles. The van der Waals surface area contributed by atoms with Gasteiger partial charge in [0.15, 0.2) is 0 Å². The van der Waals surface area contributed by atoms with Crippen LogP contribution in [0.4, 0.5) is 0 Å². The second-order valence-corrected chi connectivity index (χ2v) is 5.98. The first-order valence-corrected chi connectivity index (χ1v) is 8.91. The normalized spacial score (nSPS) is 15.8. The molecule has 132 valence electrons. The molecule has 1 aliphatic heterocycles. The number of hydrogen-bond acceptors (Lipinski definition) is 4. The summed E-state index contributed by atoms with van der Waals surface area (Å²) in [5.74, 6) is 0. The van der Waals surface area contributed by atoms with Crippen LogP contribution in [-0.4, -0.2) is 48.6 Å². The zero-order valence-electron chi connectivity index (χ0n) is 14.9. The van der Waals surface area contributed by atoms with Gasteiger partial charge in [-0.05, 0) is 23.3 Å². The molecule has 2 aromatic rings. The molecule has 3 rings (SSSR count). The van der Waals surface area contributed by atoms with E-state index in [0.717, 1.165) is 26.2 Å². The molecule has 1 fully saturated rings. The Labute approximate surface area is 155 Å². The van der Waals surface area contributed by atoms with Gasteiger partial charge in [-0.2, -0.15) is 10.2 Å². The van der Waals surface area contributed by atoms with Gasteiger partial charge in [0, 0.05) is 12.4 Å². The zero-order chi connectivity index (χ0) is 17.9. The lowest BCUT2D eigenvalue weighted by Gasteiger charge is -2.30. The van der Waals surface area contributed by atoms with Gasteiger partial charge in [0.25, 0.3) is 0 Å². The van der Waals surface area contributed by atoms with Crippen molar-refractivity contribution in [2.24, 2.45) is 10.2 Å². The average Bonchev–Trinajstić information content (AvgIpc) is 2.71. The molecule has 0 aromatic heterocycles. The molecule has 1 heterocycles. The highest BCUT2D eigenvalue weighted by Gasteiger charge is 2.12. The van der Waals surface area contributed by atoms with E-state index in [2.05, 4.69) is 56.6 Å². The summed E-state index contributed by atoms with van der Waals surface area (Å²) in [6, 6.07) is 20.5. The van der Waals surface area contributed by atoms with Gasteiger partial charge in [-0.3, -0.25) is 10.0 Å². The van der Waals surface area contributed by atoms with Gasteiger partial charge in [-0.1, -0.05) is 72.8 Å². The lowest BCUT2D eigenvalue weighted by atomic mass is 10.2. The summed E-state index contributed by atoms with van der Waals surface area (Å²) >= 11 is 0. The Morgan fingerprint density at radius 1 is 0.577 bits per heavy atom. The maximum Gasteiger partial charge on any atom is 0.0553 e. The fourth-order valence-corrected chi connectivity index (χ4v) is 2.62. The standard InChI is InChI=1S/C22H24N4/c1-3-9-21(10-4-1)13-7-15-23-25-17-19-26(20-18-25)24-16-8-14-22-11-5-2-6-12-22/h1-16H,17-20H2. The van der Waals surface area contributed by atoms with Crippen LogP contribution in [0, 0.1) is 0 Å². The number of rotatable bonds is 6. The van der Waals surface area contributed by atoms with Gasteiger partial charge < -0.3 is 0 Å². The van der Waals surface area contributed by atoms with Gasteiger partial charge in [0.2, 0.25) is 0 Å². The summed E-state index contributed by atoms with van der Waals surface area (Å²) in [4.78, 5) is 0. The second-order valence-electron chi connectivity index (χ2n) is 5.98. The smallest absolute Gasteiger partial charge is 0.0553 e. The third-order valence-corrected chi connectivity index (χ3v) is 4.04. The molecule has 1 aliphatic rings. The Hall–Kier alpha value is -3.14. The number of benzene rings is 2. The Bertz CT molecular complexity index is 688. The van der Waals surface area contributed by atoms with E-state index in [9.17, 15) is 0 Å². The molecule has 4 nitrogen and oxygen atoms in total. The molecular formula is C22H24N4. The number of allylic oxidation sites excluding steroid dienone is 2. The first-order chi connectivity index (χ1) is 12.9. The topological polar surface area (TPSA) is 31.2 Å². The van der Waals surface area contributed by atoms with E-state index in [4.69, 9.17) is 0 Å². The maximum atomic E-state index is 4.50. The summed E-state index contributed by atoms with van der Waals surface area (Å²) in [6.45, 7) is 3.54. The number of piperazine rings is 1. The van der Waals surface area contributed by atoms with E-state index < -0.39 is 0 Å². The first kappa shape index (κ1) is 17.7. The minimum Gasteiger partial charge on any atom is -0.293 e. The Balaban J connectivity index is 1.38. The Kier molecular flexibility index (Phi) is 6.79. The van der Waals surface area contributed by atoms with E-state index in [1.807, 2.05) is 61.0 Å². The van der Waals surface area contributed by atoms with E-state index in [-0.39, 0.29) is 0 Å². The molecule has 0 saturated carbocycles. The fraction of sp³-hybridized carbons (Fsp3) is 0.182. The first-order valence-electron chi connectivity index (χ1n) is 8.91. The molecule has 0 unspecified atom stereocenters. The van der Waals surface area contributed by atoms with Crippen LogP contribution < -0.4 is 0 Å². The molecule has 0 amide bonds. The third-order valence-electron chi connectivity index (χ3n) is 4.04. The molecule has 0 radical (unpaired) electrons. The van der Waals surface area contributed by atoms with Gasteiger partial charge in [0.1, 0.15) is 0 Å². The van der Waals surface area contributed by atoms with Gasteiger partial charge in [0.05, 0.1) is 26.2 Å². The van der Waals surface area contributed by atoms with E-state index in [1.54, 1.807) is 0 Å². The van der Waals surface area contributed by atoms with Crippen molar-refractivity contribution in [3.05, 3.63) is 83.9 Å². The van der Waals surface area contributed by atoms with Crippen LogP contribution in [-0.2, 0) is 0 Å². The summed E-state index contributed by atoms with van der Waals surface area (Å²) < 4.78 is 0. The highest BCUT2D eigenvalue weighted by molar-refractivity contribution is 5.78. The molecule has 0 atom stereocenters.